The van der Waals surface area contributed by atoms with Crippen molar-refractivity contribution >= 4 is 17.5 Å². The second kappa shape index (κ2) is 9.56. The third kappa shape index (κ3) is 5.09. The molecule has 10 heteroatoms. The molecule has 0 saturated carbocycles. The first-order valence-electron chi connectivity index (χ1n) is 11.5. The van der Waals surface area contributed by atoms with E-state index in [0.717, 1.165) is 11.8 Å². The van der Waals surface area contributed by atoms with Crippen molar-refractivity contribution in [2.75, 3.05) is 31.1 Å². The van der Waals surface area contributed by atoms with E-state index in [4.69, 9.17) is 11.0 Å². The highest BCUT2D eigenvalue weighted by Crippen LogP contribution is 2.39. The van der Waals surface area contributed by atoms with Crippen molar-refractivity contribution in [1.82, 2.24) is 9.88 Å². The quantitative estimate of drug-likeness (QED) is 0.715. The molecule has 0 radical (unpaired) electrons. The number of nitrogens with two attached hydrogens (primary N) is 1. The summed E-state index contributed by atoms with van der Waals surface area (Å²) in [6.07, 6.45) is -1.77. The van der Waals surface area contributed by atoms with Gasteiger partial charge in [-0.15, -0.1) is 0 Å². The number of hydrogen-bond donors (Lipinski definition) is 1. The minimum absolute atomic E-state index is 0.108. The average molecular weight is 486 g/mol. The molecule has 2 aromatic rings. The van der Waals surface area contributed by atoms with Crippen molar-refractivity contribution in [3.05, 3.63) is 58.9 Å². The number of aromatic nitrogens is 1. The van der Waals surface area contributed by atoms with Gasteiger partial charge in [0.05, 0.1) is 28.7 Å². The van der Waals surface area contributed by atoms with Crippen molar-refractivity contribution < 1.29 is 22.8 Å². The van der Waals surface area contributed by atoms with E-state index in [0.29, 0.717) is 43.7 Å². The Labute approximate surface area is 201 Å². The predicted molar refractivity (Wildman–Crippen MR) is 122 cm³/mol. The average Bonchev–Trinajstić information content (AvgIpc) is 3.29. The number of rotatable bonds is 4. The van der Waals surface area contributed by atoms with Gasteiger partial charge in [0.2, 0.25) is 5.91 Å². The Balaban J connectivity index is 1.45. The molecular formula is C25H26F3N5O2. The summed E-state index contributed by atoms with van der Waals surface area (Å²) < 4.78 is 40.1. The number of carbonyl (C=O) groups excluding carboxylic acids is 2. The summed E-state index contributed by atoms with van der Waals surface area (Å²) in [5.41, 5.74) is 6.01. The third-order valence-corrected chi connectivity index (χ3v) is 7.12. The Hall–Kier alpha value is -3.61. The van der Waals surface area contributed by atoms with Crippen LogP contribution < -0.4 is 10.6 Å². The van der Waals surface area contributed by atoms with Crippen LogP contribution in [0.25, 0.3) is 0 Å². The molecule has 7 nitrogen and oxygen atoms in total. The predicted octanol–water partition coefficient (Wildman–Crippen LogP) is 3.37. The molecule has 2 amide bonds. The minimum Gasteiger partial charge on any atom is -0.372 e. The molecule has 3 heterocycles. The summed E-state index contributed by atoms with van der Waals surface area (Å²) in [4.78, 5) is 32.9. The van der Waals surface area contributed by atoms with Crippen LogP contribution in [0.4, 0.5) is 18.9 Å². The fourth-order valence-corrected chi connectivity index (χ4v) is 5.20. The molecule has 1 aromatic carbocycles. The third-order valence-electron chi connectivity index (χ3n) is 7.12. The molecule has 2 aliphatic heterocycles. The van der Waals surface area contributed by atoms with Crippen LogP contribution in [0.1, 0.15) is 40.0 Å². The standard InChI is InChI=1S/C25H26F3N5O2/c1-15-2-3-18(12-31-15)24(35)33-13-20(21(14-33)23(30)34)16-6-8-32(9-7-16)19-5-4-17(11-29)22(10-19)25(26,27)28/h2-5,10,12,16,20-21H,6-9,13-14H2,1H3,(H2,30,34)/t20-,21+/m0/s1. The Kier molecular flexibility index (Phi) is 6.70. The molecule has 0 bridgehead atoms. The van der Waals surface area contributed by atoms with E-state index in [1.54, 1.807) is 23.1 Å². The Morgan fingerprint density at radius 3 is 2.43 bits per heavy atom. The Morgan fingerprint density at radius 1 is 1.14 bits per heavy atom. The first kappa shape index (κ1) is 24.5. The number of hydrogen-bond acceptors (Lipinski definition) is 5. The number of nitrogens with zero attached hydrogens (tertiary/aromatic N) is 4. The van der Waals surface area contributed by atoms with E-state index in [-0.39, 0.29) is 24.3 Å². The highest BCUT2D eigenvalue weighted by Gasteiger charge is 2.43. The second-order valence-corrected chi connectivity index (χ2v) is 9.24. The Bertz CT molecular complexity index is 1150. The van der Waals surface area contributed by atoms with Crippen LogP contribution in [-0.4, -0.2) is 47.9 Å². The van der Waals surface area contributed by atoms with Crippen LogP contribution in [0.5, 0.6) is 0 Å². The SMILES string of the molecule is Cc1ccc(C(=O)N2C[C@@H](C(N)=O)[C@H](C3CCN(c4ccc(C#N)c(C(F)(F)F)c4)CC3)C2)cn1. The molecule has 2 saturated heterocycles. The van der Waals surface area contributed by atoms with Crippen LogP contribution in [0.15, 0.2) is 36.5 Å². The van der Waals surface area contributed by atoms with Gasteiger partial charge in [-0.05, 0) is 61.9 Å². The fourth-order valence-electron chi connectivity index (χ4n) is 5.20. The van der Waals surface area contributed by atoms with E-state index >= 15 is 0 Å². The smallest absolute Gasteiger partial charge is 0.372 e. The fraction of sp³-hybridized carbons (Fsp3) is 0.440. The van der Waals surface area contributed by atoms with Gasteiger partial charge in [0.25, 0.3) is 5.91 Å². The number of benzene rings is 1. The lowest BCUT2D eigenvalue weighted by atomic mass is 9.78. The molecule has 184 valence electrons. The highest BCUT2D eigenvalue weighted by molar-refractivity contribution is 5.94. The van der Waals surface area contributed by atoms with Crippen molar-refractivity contribution in [3.8, 4) is 6.07 Å². The van der Waals surface area contributed by atoms with Gasteiger partial charge in [0.1, 0.15) is 0 Å². The summed E-state index contributed by atoms with van der Waals surface area (Å²) >= 11 is 0. The normalized spacial score (nSPS) is 21.1. The minimum atomic E-state index is -4.61. The van der Waals surface area contributed by atoms with E-state index in [1.165, 1.54) is 18.3 Å². The lowest BCUT2D eigenvalue weighted by Gasteiger charge is -2.37. The zero-order chi connectivity index (χ0) is 25.3. The zero-order valence-corrected chi connectivity index (χ0v) is 19.3. The van der Waals surface area contributed by atoms with Crippen molar-refractivity contribution in [2.24, 2.45) is 23.5 Å². The molecule has 0 spiro atoms. The van der Waals surface area contributed by atoms with Gasteiger partial charge in [-0.1, -0.05) is 0 Å². The summed E-state index contributed by atoms with van der Waals surface area (Å²) in [6.45, 7) is 3.49. The first-order valence-corrected chi connectivity index (χ1v) is 11.5. The van der Waals surface area contributed by atoms with Crippen molar-refractivity contribution in [1.29, 1.82) is 5.26 Å². The molecule has 1 aromatic heterocycles. The zero-order valence-electron chi connectivity index (χ0n) is 19.3. The maximum atomic E-state index is 13.4. The molecular weight excluding hydrogens is 459 g/mol. The molecule has 2 atom stereocenters. The largest absolute Gasteiger partial charge is 0.417 e. The molecule has 4 rings (SSSR count). The number of piperidine rings is 1. The molecule has 2 N–H and O–H groups in total. The maximum Gasteiger partial charge on any atom is 0.417 e. The monoisotopic (exact) mass is 485 g/mol. The van der Waals surface area contributed by atoms with E-state index < -0.39 is 29.1 Å². The number of pyridine rings is 1. The lowest BCUT2D eigenvalue weighted by Crippen LogP contribution is -2.40. The summed E-state index contributed by atoms with van der Waals surface area (Å²) in [5, 5.41) is 9.02. The van der Waals surface area contributed by atoms with Gasteiger partial charge in [0, 0.05) is 43.8 Å². The molecule has 0 aliphatic carbocycles. The van der Waals surface area contributed by atoms with Gasteiger partial charge in [-0.25, -0.2) is 0 Å². The van der Waals surface area contributed by atoms with Gasteiger partial charge in [0.15, 0.2) is 0 Å². The molecule has 0 unspecified atom stereocenters. The van der Waals surface area contributed by atoms with E-state index in [1.807, 2.05) is 11.8 Å². The molecule has 35 heavy (non-hydrogen) atoms. The van der Waals surface area contributed by atoms with Crippen molar-refractivity contribution in [2.45, 2.75) is 25.9 Å². The van der Waals surface area contributed by atoms with Crippen LogP contribution >= 0.6 is 0 Å². The number of halogens is 3. The number of carbonyl (C=O) groups is 2. The van der Waals surface area contributed by atoms with E-state index in [2.05, 4.69) is 4.98 Å². The topological polar surface area (TPSA) is 103 Å². The van der Waals surface area contributed by atoms with Crippen LogP contribution in [0, 0.1) is 36.0 Å². The van der Waals surface area contributed by atoms with E-state index in [9.17, 15) is 22.8 Å². The van der Waals surface area contributed by atoms with Crippen LogP contribution in [0.3, 0.4) is 0 Å². The first-order chi connectivity index (χ1) is 16.6. The molecule has 2 aliphatic rings. The number of nitriles is 1. The van der Waals surface area contributed by atoms with Gasteiger partial charge >= 0.3 is 6.18 Å². The van der Waals surface area contributed by atoms with Crippen LogP contribution in [-0.2, 0) is 11.0 Å². The number of amides is 2. The Morgan fingerprint density at radius 2 is 1.86 bits per heavy atom. The summed E-state index contributed by atoms with van der Waals surface area (Å²) in [6, 6.07) is 8.83. The number of primary amides is 1. The van der Waals surface area contributed by atoms with Gasteiger partial charge in [-0.2, -0.15) is 18.4 Å². The molecule has 2 fully saturated rings. The van der Waals surface area contributed by atoms with Gasteiger partial charge in [-0.3, -0.25) is 14.6 Å². The lowest BCUT2D eigenvalue weighted by molar-refractivity contribution is -0.137. The maximum absolute atomic E-state index is 13.4. The van der Waals surface area contributed by atoms with Crippen molar-refractivity contribution in [3.63, 3.8) is 0 Å². The highest BCUT2D eigenvalue weighted by atomic mass is 19.4. The number of likely N-dealkylation sites (tertiary alicyclic amines) is 1. The number of alkyl halides is 3. The van der Waals surface area contributed by atoms with Crippen LogP contribution in [0.2, 0.25) is 0 Å². The number of aryl methyl sites for hydroxylation is 1. The number of anilines is 1. The second-order valence-electron chi connectivity index (χ2n) is 9.24. The summed E-state index contributed by atoms with van der Waals surface area (Å²) in [5.74, 6) is -1.11. The van der Waals surface area contributed by atoms with Gasteiger partial charge < -0.3 is 15.5 Å². The summed E-state index contributed by atoms with van der Waals surface area (Å²) in [7, 11) is 0.